The summed E-state index contributed by atoms with van der Waals surface area (Å²) < 4.78 is 116. The number of aromatic nitrogens is 1. The molecule has 1 aromatic heterocycles. The molecule has 0 bridgehead atoms. The molecular weight excluding hydrogens is 362 g/mol. The van der Waals surface area contributed by atoms with Gasteiger partial charge >= 0.3 is 31.1 Å². The largest absolute Gasteiger partial charge is 0.517 e. The lowest BCUT2D eigenvalue weighted by atomic mass is 11.0. The lowest BCUT2D eigenvalue weighted by Gasteiger charge is -2.23. The van der Waals surface area contributed by atoms with Crippen molar-refractivity contribution in [3.63, 3.8) is 0 Å². The minimum absolute atomic E-state index is 0.0265. The van der Waals surface area contributed by atoms with Crippen molar-refractivity contribution in [3.05, 3.63) is 11.6 Å². The van der Waals surface area contributed by atoms with Gasteiger partial charge in [-0.3, -0.25) is 0 Å². The van der Waals surface area contributed by atoms with Crippen LogP contribution >= 0.6 is 11.3 Å². The highest BCUT2D eigenvalue weighted by atomic mass is 32.3. The highest BCUT2D eigenvalue weighted by molar-refractivity contribution is 8.11. The SMILES string of the molecule is O=S(=O)(N(c1nccs1)S(=O)(=O)C(F)(F)F)C(F)(F)F. The van der Waals surface area contributed by atoms with Gasteiger partial charge in [-0.05, 0) is 0 Å². The van der Waals surface area contributed by atoms with Crippen molar-refractivity contribution in [3.8, 4) is 0 Å². The fraction of sp³-hybridized carbons (Fsp3) is 0.400. The molecule has 0 aliphatic carbocycles. The van der Waals surface area contributed by atoms with Gasteiger partial charge in [-0.2, -0.15) is 43.2 Å². The van der Waals surface area contributed by atoms with Crippen LogP contribution in [0.15, 0.2) is 11.6 Å². The van der Waals surface area contributed by atoms with E-state index >= 15 is 0 Å². The number of sulfonamides is 2. The maximum absolute atomic E-state index is 12.3. The minimum Gasteiger partial charge on any atom is -0.227 e. The Balaban J connectivity index is 3.66. The van der Waals surface area contributed by atoms with E-state index in [0.29, 0.717) is 6.20 Å². The molecule has 0 aliphatic heterocycles. The number of hydrogen-bond donors (Lipinski definition) is 0. The molecule has 116 valence electrons. The van der Waals surface area contributed by atoms with E-state index in [0.717, 1.165) is 5.38 Å². The first-order valence-electron chi connectivity index (χ1n) is 4.05. The van der Waals surface area contributed by atoms with E-state index in [-0.39, 0.29) is 11.3 Å². The maximum Gasteiger partial charge on any atom is 0.517 e. The summed E-state index contributed by atoms with van der Waals surface area (Å²) in [4.78, 5) is 2.86. The summed E-state index contributed by atoms with van der Waals surface area (Å²) >= 11 is -0.0265. The van der Waals surface area contributed by atoms with Gasteiger partial charge in [-0.25, -0.2) is 4.98 Å². The molecule has 0 amide bonds. The second-order valence-electron chi connectivity index (χ2n) is 2.91. The Morgan fingerprint density at radius 3 is 1.60 bits per heavy atom. The van der Waals surface area contributed by atoms with Gasteiger partial charge in [-0.15, -0.1) is 15.0 Å². The van der Waals surface area contributed by atoms with Crippen molar-refractivity contribution in [1.29, 1.82) is 0 Å². The quantitative estimate of drug-likeness (QED) is 0.762. The predicted octanol–water partition coefficient (Wildman–Crippen LogP) is 1.65. The number of thiazole rings is 1. The molecule has 0 fully saturated rings. The molecule has 20 heavy (non-hydrogen) atoms. The Hall–Kier alpha value is -1.09. The van der Waals surface area contributed by atoms with Gasteiger partial charge in [0.1, 0.15) is 0 Å². The van der Waals surface area contributed by atoms with E-state index in [1.54, 1.807) is 0 Å². The number of anilines is 1. The minimum atomic E-state index is -6.83. The van der Waals surface area contributed by atoms with E-state index in [4.69, 9.17) is 0 Å². The van der Waals surface area contributed by atoms with Gasteiger partial charge < -0.3 is 0 Å². The molecule has 1 heterocycles. The number of nitrogens with zero attached hydrogens (tertiary/aromatic N) is 2. The average molecular weight is 364 g/mol. The van der Waals surface area contributed by atoms with E-state index < -0.39 is 39.9 Å². The van der Waals surface area contributed by atoms with Crippen molar-refractivity contribution < 1.29 is 43.2 Å². The van der Waals surface area contributed by atoms with Crippen molar-refractivity contribution in [2.24, 2.45) is 0 Å². The third-order valence-electron chi connectivity index (χ3n) is 1.60. The van der Waals surface area contributed by atoms with Crippen LogP contribution in [0.2, 0.25) is 0 Å². The zero-order valence-electron chi connectivity index (χ0n) is 8.67. The van der Waals surface area contributed by atoms with Crippen LogP contribution in [0.4, 0.5) is 31.5 Å². The molecule has 0 aromatic carbocycles. The highest BCUT2D eigenvalue weighted by Gasteiger charge is 2.62. The van der Waals surface area contributed by atoms with Crippen molar-refractivity contribution >= 4 is 36.5 Å². The summed E-state index contributed by atoms with van der Waals surface area (Å²) in [5.41, 5.74) is -12.5. The molecular formula is C5H2F6N2O4S3. The number of alkyl halides is 6. The molecule has 0 spiro atoms. The molecule has 6 nitrogen and oxygen atoms in total. The zero-order chi connectivity index (χ0) is 16.0. The highest BCUT2D eigenvalue weighted by Crippen LogP contribution is 2.39. The average Bonchev–Trinajstić information content (AvgIpc) is 2.66. The van der Waals surface area contributed by atoms with Crippen LogP contribution in [0.25, 0.3) is 0 Å². The number of rotatable bonds is 3. The van der Waals surface area contributed by atoms with Crippen LogP contribution < -0.4 is 3.71 Å². The Bertz CT molecular complexity index is 629. The van der Waals surface area contributed by atoms with Crippen LogP contribution in [0.3, 0.4) is 0 Å². The van der Waals surface area contributed by atoms with Gasteiger partial charge in [0.25, 0.3) is 0 Å². The first-order chi connectivity index (χ1) is 8.73. The first-order valence-corrected chi connectivity index (χ1v) is 7.81. The molecule has 0 saturated heterocycles. The summed E-state index contributed by atoms with van der Waals surface area (Å²) in [5, 5.41) is -0.695. The Morgan fingerprint density at radius 1 is 0.950 bits per heavy atom. The van der Waals surface area contributed by atoms with Crippen molar-refractivity contribution in [1.82, 2.24) is 4.98 Å². The number of halogens is 6. The topological polar surface area (TPSA) is 84.4 Å². The molecule has 0 saturated carbocycles. The Morgan fingerprint density at radius 2 is 1.35 bits per heavy atom. The predicted molar refractivity (Wildman–Crippen MR) is 54.5 cm³/mol. The summed E-state index contributed by atoms with van der Waals surface area (Å²) in [6.45, 7) is 0. The standard InChI is InChI=1S/C5H2F6N2O4S3/c6-4(7,8)19(14,15)13(3-12-1-2-18-3)20(16,17)5(9,10)11/h1-2H. The van der Waals surface area contributed by atoms with E-state index in [2.05, 4.69) is 4.98 Å². The summed E-state index contributed by atoms with van der Waals surface area (Å²) in [6, 6.07) is 0. The lowest BCUT2D eigenvalue weighted by Crippen LogP contribution is -2.49. The molecule has 1 rings (SSSR count). The van der Waals surface area contributed by atoms with E-state index in [9.17, 15) is 43.2 Å². The van der Waals surface area contributed by atoms with Crippen LogP contribution in [-0.4, -0.2) is 32.8 Å². The van der Waals surface area contributed by atoms with Gasteiger partial charge in [0, 0.05) is 11.6 Å². The normalized spacial score (nSPS) is 14.3. The smallest absolute Gasteiger partial charge is 0.227 e. The Labute approximate surface area is 111 Å². The second kappa shape index (κ2) is 4.73. The summed E-state index contributed by atoms with van der Waals surface area (Å²) in [7, 11) is -13.7. The third-order valence-corrected chi connectivity index (χ3v) is 6.15. The summed E-state index contributed by atoms with van der Waals surface area (Å²) in [6.07, 6.45) is 0.644. The monoisotopic (exact) mass is 364 g/mol. The Kier molecular flexibility index (Phi) is 4.01. The van der Waals surface area contributed by atoms with Crippen LogP contribution in [-0.2, 0) is 20.0 Å². The van der Waals surface area contributed by atoms with Gasteiger partial charge in [-0.1, -0.05) is 0 Å². The maximum atomic E-state index is 12.3. The van der Waals surface area contributed by atoms with Crippen molar-refractivity contribution in [2.75, 3.05) is 3.71 Å². The molecule has 0 atom stereocenters. The van der Waals surface area contributed by atoms with E-state index in [1.165, 1.54) is 0 Å². The van der Waals surface area contributed by atoms with Gasteiger partial charge in [0.05, 0.1) is 0 Å². The lowest BCUT2D eigenvalue weighted by molar-refractivity contribution is -0.0462. The molecule has 0 radical (unpaired) electrons. The fourth-order valence-electron chi connectivity index (χ4n) is 0.829. The zero-order valence-corrected chi connectivity index (χ0v) is 11.1. The van der Waals surface area contributed by atoms with Crippen LogP contribution in [0, 0.1) is 0 Å². The van der Waals surface area contributed by atoms with E-state index in [1.807, 2.05) is 0 Å². The van der Waals surface area contributed by atoms with Crippen LogP contribution in [0.1, 0.15) is 0 Å². The van der Waals surface area contributed by atoms with Gasteiger partial charge in [0.15, 0.2) is 0 Å². The van der Waals surface area contributed by atoms with Gasteiger partial charge in [0.2, 0.25) is 5.13 Å². The van der Waals surface area contributed by atoms with Crippen molar-refractivity contribution in [2.45, 2.75) is 11.0 Å². The summed E-state index contributed by atoms with van der Waals surface area (Å²) in [5.74, 6) is 0. The first kappa shape index (κ1) is 17.0. The molecule has 0 aliphatic rings. The number of hydrogen-bond acceptors (Lipinski definition) is 6. The molecule has 0 N–H and O–H groups in total. The molecule has 0 unspecified atom stereocenters. The molecule has 1 aromatic rings. The molecule has 15 heteroatoms. The fourth-order valence-corrected chi connectivity index (χ4v) is 4.55. The third kappa shape index (κ3) is 2.69. The second-order valence-corrected chi connectivity index (χ2v) is 7.57. The van der Waals surface area contributed by atoms with Crippen LogP contribution in [0.5, 0.6) is 0 Å².